The second kappa shape index (κ2) is 8.78. The van der Waals surface area contributed by atoms with Gasteiger partial charge in [0.05, 0.1) is 18.0 Å². The van der Waals surface area contributed by atoms with Gasteiger partial charge in [0, 0.05) is 35.1 Å². The SMILES string of the molecule is [C-]#[N+]c1ccc(-c2ccn(-c3ccc(CNC(=O)c4ccccn4)c(F)c3)n2)cc1Cl. The molecule has 2 aromatic heterocycles. The van der Waals surface area contributed by atoms with Crippen LogP contribution < -0.4 is 5.32 Å². The Bertz CT molecular complexity index is 1300. The zero-order chi connectivity index (χ0) is 21.8. The highest BCUT2D eigenvalue weighted by atomic mass is 35.5. The Kier molecular flexibility index (Phi) is 5.74. The van der Waals surface area contributed by atoms with E-state index < -0.39 is 5.82 Å². The Morgan fingerprint density at radius 1 is 1.16 bits per heavy atom. The average molecular weight is 432 g/mol. The molecule has 0 aliphatic rings. The summed E-state index contributed by atoms with van der Waals surface area (Å²) in [6.45, 7) is 7.11. The Balaban J connectivity index is 1.49. The number of halogens is 2. The van der Waals surface area contributed by atoms with Crippen LogP contribution in [0, 0.1) is 12.4 Å². The summed E-state index contributed by atoms with van der Waals surface area (Å²) in [6, 6.07) is 16.6. The number of benzene rings is 2. The quantitative estimate of drug-likeness (QED) is 0.441. The fraction of sp³-hybridized carbons (Fsp3) is 0.0435. The van der Waals surface area contributed by atoms with Crippen LogP contribution in [-0.2, 0) is 6.54 Å². The van der Waals surface area contributed by atoms with E-state index in [0.29, 0.717) is 27.7 Å². The number of amides is 1. The Morgan fingerprint density at radius 3 is 2.74 bits per heavy atom. The third-order valence-electron chi connectivity index (χ3n) is 4.59. The van der Waals surface area contributed by atoms with E-state index in [2.05, 4.69) is 20.2 Å². The van der Waals surface area contributed by atoms with Gasteiger partial charge in [-0.2, -0.15) is 5.10 Å². The number of carbonyl (C=O) groups is 1. The molecule has 0 bridgehead atoms. The summed E-state index contributed by atoms with van der Waals surface area (Å²) in [6.07, 6.45) is 3.24. The van der Waals surface area contributed by atoms with Gasteiger partial charge in [0.15, 0.2) is 0 Å². The van der Waals surface area contributed by atoms with E-state index in [1.807, 2.05) is 0 Å². The van der Waals surface area contributed by atoms with Gasteiger partial charge >= 0.3 is 0 Å². The topological polar surface area (TPSA) is 64.2 Å². The van der Waals surface area contributed by atoms with Crippen molar-refractivity contribution >= 4 is 23.2 Å². The Hall–Kier alpha value is -4.02. The molecule has 0 saturated heterocycles. The molecule has 0 radical (unpaired) electrons. The molecule has 0 saturated carbocycles. The van der Waals surface area contributed by atoms with Crippen molar-refractivity contribution in [3.8, 4) is 16.9 Å². The molecule has 31 heavy (non-hydrogen) atoms. The molecule has 0 fully saturated rings. The first-order valence-electron chi connectivity index (χ1n) is 9.26. The fourth-order valence-corrected chi connectivity index (χ4v) is 3.19. The summed E-state index contributed by atoms with van der Waals surface area (Å²) in [5.41, 5.74) is 2.93. The summed E-state index contributed by atoms with van der Waals surface area (Å²) in [5.74, 6) is -0.830. The van der Waals surface area contributed by atoms with Crippen LogP contribution in [0.1, 0.15) is 16.1 Å². The molecule has 4 rings (SSSR count). The van der Waals surface area contributed by atoms with Gasteiger partial charge in [0.25, 0.3) is 5.91 Å². The highest BCUT2D eigenvalue weighted by Gasteiger charge is 2.11. The van der Waals surface area contributed by atoms with Crippen molar-refractivity contribution in [2.75, 3.05) is 0 Å². The van der Waals surface area contributed by atoms with E-state index in [9.17, 15) is 9.18 Å². The van der Waals surface area contributed by atoms with Crippen LogP contribution in [0.4, 0.5) is 10.1 Å². The van der Waals surface area contributed by atoms with Crippen LogP contribution in [0.15, 0.2) is 73.1 Å². The molecule has 0 aliphatic carbocycles. The largest absolute Gasteiger partial charge is 0.347 e. The number of aromatic nitrogens is 3. The number of hydrogen-bond acceptors (Lipinski definition) is 3. The molecule has 152 valence electrons. The van der Waals surface area contributed by atoms with E-state index >= 15 is 0 Å². The second-order valence-electron chi connectivity index (χ2n) is 6.60. The first-order valence-corrected chi connectivity index (χ1v) is 9.64. The number of pyridine rings is 1. The third-order valence-corrected chi connectivity index (χ3v) is 4.89. The molecule has 4 aromatic rings. The first kappa shape index (κ1) is 20.3. The summed E-state index contributed by atoms with van der Waals surface area (Å²) >= 11 is 6.10. The molecular weight excluding hydrogens is 417 g/mol. The van der Waals surface area contributed by atoms with Gasteiger partial charge in [-0.1, -0.05) is 35.9 Å². The maximum atomic E-state index is 14.6. The number of hydrogen-bond donors (Lipinski definition) is 1. The van der Waals surface area contributed by atoms with E-state index in [4.69, 9.17) is 18.2 Å². The fourth-order valence-electron chi connectivity index (χ4n) is 2.96. The van der Waals surface area contributed by atoms with Gasteiger partial charge in [0.2, 0.25) is 5.69 Å². The van der Waals surface area contributed by atoms with Crippen LogP contribution in [0.3, 0.4) is 0 Å². The number of nitrogens with zero attached hydrogens (tertiary/aromatic N) is 4. The predicted molar refractivity (Wildman–Crippen MR) is 116 cm³/mol. The van der Waals surface area contributed by atoms with Gasteiger partial charge in [-0.25, -0.2) is 13.9 Å². The molecule has 1 amide bonds. The predicted octanol–water partition coefficient (Wildman–Crippen LogP) is 5.21. The molecule has 0 aliphatic heterocycles. The van der Waals surface area contributed by atoms with Crippen molar-refractivity contribution in [2.24, 2.45) is 0 Å². The van der Waals surface area contributed by atoms with Gasteiger partial charge in [-0.15, -0.1) is 0 Å². The van der Waals surface area contributed by atoms with Crippen LogP contribution >= 0.6 is 11.6 Å². The monoisotopic (exact) mass is 431 g/mol. The molecule has 1 N–H and O–H groups in total. The van der Waals surface area contributed by atoms with Crippen LogP contribution in [0.25, 0.3) is 21.8 Å². The highest BCUT2D eigenvalue weighted by molar-refractivity contribution is 6.33. The lowest BCUT2D eigenvalue weighted by molar-refractivity contribution is 0.0945. The van der Waals surface area contributed by atoms with Crippen molar-refractivity contribution in [1.29, 1.82) is 0 Å². The van der Waals surface area contributed by atoms with E-state index in [1.165, 1.54) is 12.3 Å². The Morgan fingerprint density at radius 2 is 2.03 bits per heavy atom. The normalized spacial score (nSPS) is 10.5. The van der Waals surface area contributed by atoms with Crippen molar-refractivity contribution < 1.29 is 9.18 Å². The smallest absolute Gasteiger partial charge is 0.270 e. The van der Waals surface area contributed by atoms with Crippen molar-refractivity contribution in [3.05, 3.63) is 107 Å². The minimum absolute atomic E-state index is 0.0395. The molecule has 2 heterocycles. The van der Waals surface area contributed by atoms with Gasteiger partial charge in [0.1, 0.15) is 11.5 Å². The average Bonchev–Trinajstić information content (AvgIpc) is 3.29. The minimum atomic E-state index is -0.458. The van der Waals surface area contributed by atoms with Crippen LogP contribution in [0.5, 0.6) is 0 Å². The van der Waals surface area contributed by atoms with E-state index in [1.54, 1.807) is 65.5 Å². The summed E-state index contributed by atoms with van der Waals surface area (Å²) in [5, 5.41) is 7.48. The Labute approximate surface area is 182 Å². The maximum absolute atomic E-state index is 14.6. The minimum Gasteiger partial charge on any atom is -0.347 e. The van der Waals surface area contributed by atoms with Crippen molar-refractivity contribution in [2.45, 2.75) is 6.54 Å². The third kappa shape index (κ3) is 4.44. The zero-order valence-electron chi connectivity index (χ0n) is 16.1. The zero-order valence-corrected chi connectivity index (χ0v) is 16.8. The second-order valence-corrected chi connectivity index (χ2v) is 7.00. The van der Waals surface area contributed by atoms with Gasteiger partial charge < -0.3 is 5.32 Å². The van der Waals surface area contributed by atoms with Crippen LogP contribution in [-0.4, -0.2) is 20.7 Å². The molecular formula is C23H15ClFN5O. The van der Waals surface area contributed by atoms with Crippen molar-refractivity contribution in [1.82, 2.24) is 20.1 Å². The van der Waals surface area contributed by atoms with E-state index in [-0.39, 0.29) is 18.1 Å². The molecule has 0 atom stereocenters. The summed E-state index contributed by atoms with van der Waals surface area (Å²) < 4.78 is 16.1. The molecule has 0 spiro atoms. The molecule has 6 nitrogen and oxygen atoms in total. The van der Waals surface area contributed by atoms with Crippen LogP contribution in [0.2, 0.25) is 5.02 Å². The maximum Gasteiger partial charge on any atom is 0.270 e. The molecule has 0 unspecified atom stereocenters. The number of rotatable bonds is 5. The molecule has 8 heteroatoms. The number of carbonyl (C=O) groups excluding carboxylic acids is 1. The highest BCUT2D eigenvalue weighted by Crippen LogP contribution is 2.30. The first-order chi connectivity index (χ1) is 15.0. The lowest BCUT2D eigenvalue weighted by atomic mass is 10.1. The van der Waals surface area contributed by atoms with Gasteiger partial charge in [-0.3, -0.25) is 9.78 Å². The van der Waals surface area contributed by atoms with Gasteiger partial charge in [-0.05, 0) is 36.4 Å². The standard InChI is InChI=1S/C23H15ClFN5O/c1-26-21-8-6-15(12-18(21)24)20-9-11-30(29-20)17-7-5-16(19(25)13-17)14-28-23(31)22-4-2-3-10-27-22/h2-13H,14H2,(H,28,31). The van der Waals surface area contributed by atoms with Crippen molar-refractivity contribution in [3.63, 3.8) is 0 Å². The number of nitrogens with one attached hydrogen (secondary N) is 1. The summed E-state index contributed by atoms with van der Waals surface area (Å²) in [7, 11) is 0. The molecule has 2 aromatic carbocycles. The van der Waals surface area contributed by atoms with E-state index in [0.717, 1.165) is 5.56 Å². The summed E-state index contributed by atoms with van der Waals surface area (Å²) in [4.78, 5) is 19.4. The lowest BCUT2D eigenvalue weighted by Crippen LogP contribution is -2.24. The lowest BCUT2D eigenvalue weighted by Gasteiger charge is -2.08.